The minimum atomic E-state index is -0.777. The number of unbranched alkanes of at least 4 members (excludes halogenated alkanes) is 34. The number of rotatable bonds is 46. The first-order valence-electron chi connectivity index (χ1n) is 25.3. The van der Waals surface area contributed by atoms with Crippen LogP contribution in [0.5, 0.6) is 0 Å². The van der Waals surface area contributed by atoms with Gasteiger partial charge in [0.15, 0.2) is 0 Å². The van der Waals surface area contributed by atoms with Gasteiger partial charge < -0.3 is 20.3 Å². The van der Waals surface area contributed by atoms with Gasteiger partial charge >= 0.3 is 5.97 Å². The average Bonchev–Trinajstić information content (AvgIpc) is 3.19. The Morgan fingerprint density at radius 2 is 0.750 bits per heavy atom. The quantitative estimate of drug-likeness (QED) is 0.0421. The first kappa shape index (κ1) is 54.9. The molecule has 0 aliphatic heterocycles. The lowest BCUT2D eigenvalue weighted by molar-refractivity contribution is -0.151. The van der Waals surface area contributed by atoms with Crippen LogP contribution < -0.4 is 5.32 Å². The molecule has 0 radical (unpaired) electrons. The number of carbonyl (C=O) groups excluding carboxylic acids is 2. The van der Waals surface area contributed by atoms with Gasteiger partial charge in [-0.1, -0.05) is 245 Å². The molecule has 0 aromatic rings. The lowest BCUT2D eigenvalue weighted by atomic mass is 10.0. The third kappa shape index (κ3) is 39.7. The van der Waals surface area contributed by atoms with Gasteiger partial charge in [0.2, 0.25) is 5.91 Å². The van der Waals surface area contributed by atoms with Gasteiger partial charge in [-0.15, -0.1) is 0 Å². The molecule has 3 N–H and O–H groups in total. The van der Waals surface area contributed by atoms with E-state index in [-0.39, 0.29) is 24.9 Å². The highest BCUT2D eigenvalue weighted by Gasteiger charge is 2.24. The molecule has 334 valence electrons. The Balaban J connectivity index is 4.52. The predicted molar refractivity (Wildman–Crippen MR) is 241 cm³/mol. The lowest BCUT2D eigenvalue weighted by Crippen LogP contribution is -2.46. The van der Waals surface area contributed by atoms with Crippen LogP contribution in [0.3, 0.4) is 0 Å². The summed E-state index contributed by atoms with van der Waals surface area (Å²) in [5.74, 6) is -0.454. The highest BCUT2D eigenvalue weighted by molar-refractivity contribution is 5.77. The number of hydrogen-bond acceptors (Lipinski definition) is 5. The molecule has 0 bridgehead atoms. The Morgan fingerprint density at radius 1 is 0.446 bits per heavy atom. The molecule has 3 atom stereocenters. The Kier molecular flexibility index (Phi) is 44.0. The van der Waals surface area contributed by atoms with Crippen LogP contribution in [0.2, 0.25) is 0 Å². The SMILES string of the molecule is CCCCCCCCCCCCCCCCCCC(CC(=O)NC(CO)C(O)CCCCCCCCCCCC)OC(=O)CCCCCCCCCCCCC. The molecule has 0 aromatic carbocycles. The third-order valence-electron chi connectivity index (χ3n) is 11.9. The molecule has 0 aromatic heterocycles. The van der Waals surface area contributed by atoms with Gasteiger partial charge in [-0.05, 0) is 25.7 Å². The van der Waals surface area contributed by atoms with Gasteiger partial charge in [-0.3, -0.25) is 9.59 Å². The highest BCUT2D eigenvalue weighted by atomic mass is 16.5. The van der Waals surface area contributed by atoms with Crippen LogP contribution in [0.4, 0.5) is 0 Å². The topological polar surface area (TPSA) is 95.9 Å². The van der Waals surface area contributed by atoms with E-state index in [9.17, 15) is 19.8 Å². The summed E-state index contributed by atoms with van der Waals surface area (Å²) < 4.78 is 5.93. The third-order valence-corrected chi connectivity index (χ3v) is 11.9. The van der Waals surface area contributed by atoms with E-state index in [4.69, 9.17) is 4.74 Å². The van der Waals surface area contributed by atoms with Crippen LogP contribution in [-0.2, 0) is 14.3 Å². The van der Waals surface area contributed by atoms with Crippen molar-refractivity contribution in [3.8, 4) is 0 Å². The molecular formula is C50H99NO5. The fourth-order valence-electron chi connectivity index (χ4n) is 8.08. The van der Waals surface area contributed by atoms with Crippen LogP contribution in [0, 0.1) is 0 Å². The second kappa shape index (κ2) is 45.0. The van der Waals surface area contributed by atoms with Gasteiger partial charge in [0.1, 0.15) is 6.10 Å². The molecule has 0 fully saturated rings. The van der Waals surface area contributed by atoms with E-state index in [1.54, 1.807) is 0 Å². The minimum absolute atomic E-state index is 0.0875. The number of aliphatic hydroxyl groups is 2. The second-order valence-corrected chi connectivity index (χ2v) is 17.6. The molecular weight excluding hydrogens is 695 g/mol. The average molecular weight is 794 g/mol. The number of amides is 1. The summed E-state index contributed by atoms with van der Waals surface area (Å²) in [5, 5.41) is 23.7. The van der Waals surface area contributed by atoms with E-state index < -0.39 is 18.2 Å². The monoisotopic (exact) mass is 794 g/mol. The van der Waals surface area contributed by atoms with Crippen molar-refractivity contribution in [2.24, 2.45) is 0 Å². The summed E-state index contributed by atoms with van der Waals surface area (Å²) in [6, 6.07) is -0.690. The molecule has 3 unspecified atom stereocenters. The second-order valence-electron chi connectivity index (χ2n) is 17.6. The van der Waals surface area contributed by atoms with Crippen molar-refractivity contribution in [1.82, 2.24) is 5.32 Å². The van der Waals surface area contributed by atoms with Crippen LogP contribution in [0.1, 0.15) is 284 Å². The zero-order valence-electron chi connectivity index (χ0n) is 38.0. The minimum Gasteiger partial charge on any atom is -0.462 e. The number of hydrogen-bond donors (Lipinski definition) is 3. The first-order valence-corrected chi connectivity index (χ1v) is 25.3. The fourth-order valence-corrected chi connectivity index (χ4v) is 8.08. The Hall–Kier alpha value is -1.14. The molecule has 0 aliphatic carbocycles. The lowest BCUT2D eigenvalue weighted by Gasteiger charge is -2.24. The molecule has 56 heavy (non-hydrogen) atoms. The first-order chi connectivity index (χ1) is 27.5. The number of aliphatic hydroxyl groups excluding tert-OH is 2. The van der Waals surface area contributed by atoms with Crippen molar-refractivity contribution in [3.05, 3.63) is 0 Å². The molecule has 6 nitrogen and oxygen atoms in total. The van der Waals surface area contributed by atoms with Crippen LogP contribution in [0.15, 0.2) is 0 Å². The van der Waals surface area contributed by atoms with Gasteiger partial charge in [-0.2, -0.15) is 0 Å². The number of ether oxygens (including phenoxy) is 1. The van der Waals surface area contributed by atoms with Crippen molar-refractivity contribution in [1.29, 1.82) is 0 Å². The number of esters is 1. The molecule has 1 amide bonds. The van der Waals surface area contributed by atoms with Crippen molar-refractivity contribution >= 4 is 11.9 Å². The van der Waals surface area contributed by atoms with Crippen LogP contribution in [-0.4, -0.2) is 46.9 Å². The standard InChI is InChI=1S/C50H99NO5/c1-4-7-10-13-16-19-22-23-24-25-26-28-29-32-35-38-41-46(56-50(55)43-40-37-34-31-27-20-17-14-11-8-5-2)44-49(54)51-47(45-52)48(53)42-39-36-33-30-21-18-15-12-9-6-3/h46-48,52-53H,4-45H2,1-3H3,(H,51,54). The summed E-state index contributed by atoms with van der Waals surface area (Å²) in [6.07, 6.45) is 47.3. The van der Waals surface area contributed by atoms with E-state index in [1.807, 2.05) is 0 Å². The fraction of sp³-hybridized carbons (Fsp3) is 0.960. The smallest absolute Gasteiger partial charge is 0.306 e. The van der Waals surface area contributed by atoms with Crippen LogP contribution >= 0.6 is 0 Å². The largest absolute Gasteiger partial charge is 0.462 e. The number of carbonyl (C=O) groups is 2. The predicted octanol–water partition coefficient (Wildman–Crippen LogP) is 14.8. The summed E-state index contributed by atoms with van der Waals surface area (Å²) in [5.41, 5.74) is 0. The normalized spacial score (nSPS) is 13.2. The molecule has 6 heteroatoms. The maximum Gasteiger partial charge on any atom is 0.306 e. The van der Waals surface area contributed by atoms with E-state index in [0.717, 1.165) is 44.9 Å². The Morgan fingerprint density at radius 3 is 1.09 bits per heavy atom. The van der Waals surface area contributed by atoms with Gasteiger partial charge in [0, 0.05) is 6.42 Å². The maximum atomic E-state index is 13.2. The highest BCUT2D eigenvalue weighted by Crippen LogP contribution is 2.19. The summed E-state index contributed by atoms with van der Waals surface area (Å²) in [4.78, 5) is 26.0. The molecule has 0 rings (SSSR count). The zero-order valence-corrected chi connectivity index (χ0v) is 38.0. The molecule has 0 aliphatic rings. The molecule has 0 heterocycles. The van der Waals surface area contributed by atoms with Crippen molar-refractivity contribution in [2.75, 3.05) is 6.61 Å². The van der Waals surface area contributed by atoms with E-state index in [1.165, 1.54) is 193 Å². The molecule has 0 saturated carbocycles. The zero-order chi connectivity index (χ0) is 41.0. The summed E-state index contributed by atoms with van der Waals surface area (Å²) in [7, 11) is 0. The summed E-state index contributed by atoms with van der Waals surface area (Å²) in [6.45, 7) is 6.49. The van der Waals surface area contributed by atoms with Crippen molar-refractivity contribution in [3.63, 3.8) is 0 Å². The Labute approximate surface area is 349 Å². The van der Waals surface area contributed by atoms with Crippen LogP contribution in [0.25, 0.3) is 0 Å². The molecule has 0 saturated heterocycles. The van der Waals surface area contributed by atoms with Crippen molar-refractivity contribution in [2.45, 2.75) is 302 Å². The van der Waals surface area contributed by atoms with E-state index in [2.05, 4.69) is 26.1 Å². The van der Waals surface area contributed by atoms with E-state index >= 15 is 0 Å². The Bertz CT molecular complexity index is 806. The van der Waals surface area contributed by atoms with Gasteiger partial charge in [0.25, 0.3) is 0 Å². The van der Waals surface area contributed by atoms with E-state index in [0.29, 0.717) is 19.3 Å². The summed E-state index contributed by atoms with van der Waals surface area (Å²) >= 11 is 0. The van der Waals surface area contributed by atoms with Crippen molar-refractivity contribution < 1.29 is 24.5 Å². The molecule has 0 spiro atoms. The number of nitrogens with one attached hydrogen (secondary N) is 1. The maximum absolute atomic E-state index is 13.2. The van der Waals surface area contributed by atoms with Gasteiger partial charge in [-0.25, -0.2) is 0 Å². The van der Waals surface area contributed by atoms with Gasteiger partial charge in [0.05, 0.1) is 25.2 Å².